The number of benzene rings is 3. The number of aliphatic hydroxyl groups excluding tert-OH is 1. The van der Waals surface area contributed by atoms with E-state index in [1.165, 1.54) is 10.0 Å². The van der Waals surface area contributed by atoms with Crippen molar-refractivity contribution in [3.63, 3.8) is 0 Å². The molecular formula is C20H18OSe. The first-order valence-electron chi connectivity index (χ1n) is 7.34. The van der Waals surface area contributed by atoms with Crippen LogP contribution in [0.25, 0.3) is 0 Å². The summed E-state index contributed by atoms with van der Waals surface area (Å²) < 4.78 is 1.30. The molecule has 1 N–H and O–H groups in total. The van der Waals surface area contributed by atoms with Crippen molar-refractivity contribution in [3.8, 4) is 0 Å². The van der Waals surface area contributed by atoms with Crippen LogP contribution in [0.15, 0.2) is 91.0 Å². The van der Waals surface area contributed by atoms with Gasteiger partial charge in [0.15, 0.2) is 0 Å². The molecule has 0 aromatic heterocycles. The summed E-state index contributed by atoms with van der Waals surface area (Å²) in [6, 6.07) is 30.7. The van der Waals surface area contributed by atoms with Gasteiger partial charge in [-0.15, -0.1) is 0 Å². The van der Waals surface area contributed by atoms with Crippen molar-refractivity contribution in [1.29, 1.82) is 0 Å². The zero-order chi connectivity index (χ0) is 15.2. The van der Waals surface area contributed by atoms with E-state index in [2.05, 4.69) is 36.4 Å². The van der Waals surface area contributed by atoms with Gasteiger partial charge in [-0.1, -0.05) is 0 Å². The van der Waals surface area contributed by atoms with Crippen LogP contribution in [0.3, 0.4) is 0 Å². The molecule has 0 unspecified atom stereocenters. The first-order valence-corrected chi connectivity index (χ1v) is 9.19. The average Bonchev–Trinajstić information content (AvgIpc) is 2.61. The third kappa shape index (κ3) is 3.66. The van der Waals surface area contributed by atoms with Crippen LogP contribution in [0.2, 0.25) is 0 Å². The van der Waals surface area contributed by atoms with E-state index in [-0.39, 0.29) is 19.8 Å². The number of aliphatic hydroxyl groups is 1. The molecule has 3 rings (SSSR count). The van der Waals surface area contributed by atoms with E-state index >= 15 is 0 Å². The monoisotopic (exact) mass is 354 g/mol. The second-order valence-electron chi connectivity index (χ2n) is 5.12. The van der Waals surface area contributed by atoms with Crippen molar-refractivity contribution < 1.29 is 5.11 Å². The van der Waals surface area contributed by atoms with Gasteiger partial charge in [0.05, 0.1) is 0 Å². The van der Waals surface area contributed by atoms with Crippen molar-refractivity contribution in [2.45, 2.75) is 10.9 Å². The summed E-state index contributed by atoms with van der Waals surface area (Å²) in [6.07, 6.45) is -0.483. The summed E-state index contributed by atoms with van der Waals surface area (Å²) in [6.45, 7) is 0. The van der Waals surface area contributed by atoms with Gasteiger partial charge >= 0.3 is 138 Å². The topological polar surface area (TPSA) is 20.2 Å². The van der Waals surface area contributed by atoms with Crippen molar-refractivity contribution >= 4 is 19.4 Å². The molecule has 0 aliphatic heterocycles. The Labute approximate surface area is 137 Å². The Balaban J connectivity index is 1.93. The predicted octanol–water partition coefficient (Wildman–Crippen LogP) is 3.49. The molecule has 0 heterocycles. The van der Waals surface area contributed by atoms with Crippen molar-refractivity contribution in [2.75, 3.05) is 0 Å². The molecule has 3 aromatic carbocycles. The molecule has 0 radical (unpaired) electrons. The van der Waals surface area contributed by atoms with E-state index in [9.17, 15) is 5.11 Å². The SMILES string of the molecule is O[C@H](c1ccccc1)[C@H]([Se]c1ccccc1)c1ccccc1. The molecule has 2 atom stereocenters. The van der Waals surface area contributed by atoms with Gasteiger partial charge in [0.25, 0.3) is 0 Å². The van der Waals surface area contributed by atoms with Gasteiger partial charge in [-0.05, 0) is 0 Å². The Morgan fingerprint density at radius 3 is 1.59 bits per heavy atom. The Hall–Kier alpha value is -1.86. The summed E-state index contributed by atoms with van der Waals surface area (Å²) >= 11 is 0.165. The minimum atomic E-state index is -0.483. The molecule has 0 saturated carbocycles. The normalized spacial score (nSPS) is 13.5. The maximum atomic E-state index is 10.9. The fourth-order valence-corrected chi connectivity index (χ4v) is 4.92. The fraction of sp³-hybridized carbons (Fsp3) is 0.100. The van der Waals surface area contributed by atoms with Gasteiger partial charge in [-0.3, -0.25) is 0 Å². The van der Waals surface area contributed by atoms with E-state index in [1.807, 2.05) is 54.6 Å². The average molecular weight is 353 g/mol. The molecule has 110 valence electrons. The zero-order valence-electron chi connectivity index (χ0n) is 12.2. The third-order valence-corrected chi connectivity index (χ3v) is 6.35. The molecule has 0 aliphatic rings. The number of hydrogen-bond acceptors (Lipinski definition) is 1. The summed E-state index contributed by atoms with van der Waals surface area (Å²) in [5, 5.41) is 10.9. The van der Waals surface area contributed by atoms with Crippen LogP contribution in [-0.4, -0.2) is 20.1 Å². The molecule has 0 fully saturated rings. The van der Waals surface area contributed by atoms with E-state index in [0.717, 1.165) is 5.56 Å². The molecule has 3 aromatic rings. The first kappa shape index (κ1) is 15.1. The summed E-state index contributed by atoms with van der Waals surface area (Å²) in [7, 11) is 0. The molecule has 0 spiro atoms. The predicted molar refractivity (Wildman–Crippen MR) is 92.4 cm³/mol. The summed E-state index contributed by atoms with van der Waals surface area (Å²) in [5.41, 5.74) is 2.18. The second-order valence-corrected chi connectivity index (χ2v) is 7.67. The Morgan fingerprint density at radius 2 is 1.05 bits per heavy atom. The fourth-order valence-electron chi connectivity index (χ4n) is 2.43. The molecule has 0 amide bonds. The second kappa shape index (κ2) is 7.42. The van der Waals surface area contributed by atoms with Crippen LogP contribution in [0, 0.1) is 0 Å². The summed E-state index contributed by atoms with van der Waals surface area (Å²) in [5.74, 6) is 0. The minimum absolute atomic E-state index is 0.110. The molecule has 2 heteroatoms. The summed E-state index contributed by atoms with van der Waals surface area (Å²) in [4.78, 5) is 0.110. The van der Waals surface area contributed by atoms with Gasteiger partial charge in [-0.2, -0.15) is 0 Å². The van der Waals surface area contributed by atoms with Crippen molar-refractivity contribution in [1.82, 2.24) is 0 Å². The van der Waals surface area contributed by atoms with Crippen LogP contribution in [0.5, 0.6) is 0 Å². The molecule has 22 heavy (non-hydrogen) atoms. The Bertz CT molecular complexity index is 683. The van der Waals surface area contributed by atoms with E-state index in [4.69, 9.17) is 0 Å². The zero-order valence-corrected chi connectivity index (χ0v) is 13.9. The Kier molecular flexibility index (Phi) is 5.07. The van der Waals surface area contributed by atoms with E-state index in [0.29, 0.717) is 0 Å². The molecular weight excluding hydrogens is 335 g/mol. The number of rotatable bonds is 5. The standard InChI is InChI=1S/C20H18OSe/c21-19(16-10-4-1-5-11-16)20(17-12-6-2-7-13-17)22-18-14-8-3-9-15-18/h1-15,19-21H/t19-,20-/m1/s1. The van der Waals surface area contributed by atoms with Gasteiger partial charge in [0.1, 0.15) is 0 Å². The van der Waals surface area contributed by atoms with Crippen LogP contribution < -0.4 is 4.46 Å². The number of hydrogen-bond donors (Lipinski definition) is 1. The van der Waals surface area contributed by atoms with Crippen molar-refractivity contribution in [3.05, 3.63) is 102 Å². The maximum absolute atomic E-state index is 10.9. The van der Waals surface area contributed by atoms with E-state index in [1.54, 1.807) is 0 Å². The van der Waals surface area contributed by atoms with Crippen LogP contribution in [-0.2, 0) is 0 Å². The Morgan fingerprint density at radius 1 is 0.591 bits per heavy atom. The molecule has 0 saturated heterocycles. The van der Waals surface area contributed by atoms with Gasteiger partial charge in [0.2, 0.25) is 0 Å². The molecule has 1 nitrogen and oxygen atoms in total. The van der Waals surface area contributed by atoms with Gasteiger partial charge in [0, 0.05) is 0 Å². The van der Waals surface area contributed by atoms with Gasteiger partial charge < -0.3 is 0 Å². The third-order valence-electron chi connectivity index (χ3n) is 3.56. The van der Waals surface area contributed by atoms with Crippen LogP contribution in [0.4, 0.5) is 0 Å². The van der Waals surface area contributed by atoms with Crippen LogP contribution in [0.1, 0.15) is 22.0 Å². The first-order chi connectivity index (χ1) is 10.8. The van der Waals surface area contributed by atoms with Crippen LogP contribution >= 0.6 is 0 Å². The quantitative estimate of drug-likeness (QED) is 0.696. The molecule has 0 aliphatic carbocycles. The van der Waals surface area contributed by atoms with Crippen molar-refractivity contribution in [2.24, 2.45) is 0 Å². The molecule has 0 bridgehead atoms. The van der Waals surface area contributed by atoms with Gasteiger partial charge in [-0.25, -0.2) is 0 Å². The van der Waals surface area contributed by atoms with E-state index < -0.39 is 6.10 Å².